The van der Waals surface area contributed by atoms with Gasteiger partial charge in [-0.25, -0.2) is 4.79 Å². The fourth-order valence-corrected chi connectivity index (χ4v) is 1.84. The van der Waals surface area contributed by atoms with Crippen molar-refractivity contribution in [1.82, 2.24) is 15.5 Å². The molecule has 0 aromatic heterocycles. The summed E-state index contributed by atoms with van der Waals surface area (Å²) in [6.07, 6.45) is -1.19. The van der Waals surface area contributed by atoms with Gasteiger partial charge in [0, 0.05) is 32.7 Å². The van der Waals surface area contributed by atoms with Crippen LogP contribution < -0.4 is 16.4 Å². The van der Waals surface area contributed by atoms with Crippen LogP contribution in [0.3, 0.4) is 0 Å². The molecular weight excluding hydrogens is 276 g/mol. The van der Waals surface area contributed by atoms with E-state index in [4.69, 9.17) is 10.5 Å². The lowest BCUT2D eigenvalue weighted by molar-refractivity contribution is -0.124. The topological polar surface area (TPSA) is 117 Å². The molecular formula is C13H26N4O4. The zero-order valence-electron chi connectivity index (χ0n) is 12.9. The molecule has 8 nitrogen and oxygen atoms in total. The minimum Gasteiger partial charge on any atom is -0.444 e. The van der Waals surface area contributed by atoms with Crippen LogP contribution >= 0.6 is 0 Å². The number of amides is 2. The minimum atomic E-state index is -0.764. The summed E-state index contributed by atoms with van der Waals surface area (Å²) in [6.45, 7) is 6.81. The van der Waals surface area contributed by atoms with Gasteiger partial charge in [0.05, 0.1) is 6.10 Å². The van der Waals surface area contributed by atoms with Crippen molar-refractivity contribution < 1.29 is 19.4 Å². The molecule has 1 saturated heterocycles. The fourth-order valence-electron chi connectivity index (χ4n) is 1.84. The molecule has 0 unspecified atom stereocenters. The summed E-state index contributed by atoms with van der Waals surface area (Å²) >= 11 is 0. The number of carbonyl (C=O) groups is 2. The number of nitrogens with one attached hydrogen (secondary N) is 2. The van der Waals surface area contributed by atoms with Crippen LogP contribution in [-0.2, 0) is 9.53 Å². The summed E-state index contributed by atoms with van der Waals surface area (Å²) in [5.41, 5.74) is 4.71. The molecule has 0 aromatic carbocycles. The van der Waals surface area contributed by atoms with E-state index in [2.05, 4.69) is 10.6 Å². The second-order valence-electron chi connectivity index (χ2n) is 6.07. The summed E-state index contributed by atoms with van der Waals surface area (Å²) in [5.74, 6) is -0.268. The van der Waals surface area contributed by atoms with Crippen LogP contribution in [0.5, 0.6) is 0 Å². The number of hydrogen-bond donors (Lipinski definition) is 4. The number of nitrogens with two attached hydrogens (primary N) is 1. The third-order valence-corrected chi connectivity index (χ3v) is 2.93. The lowest BCUT2D eigenvalue weighted by Gasteiger charge is -2.34. The average Bonchev–Trinajstić information content (AvgIpc) is 2.42. The molecule has 0 spiro atoms. The number of piperazine rings is 1. The molecule has 2 amide bonds. The van der Waals surface area contributed by atoms with Gasteiger partial charge < -0.3 is 31.1 Å². The van der Waals surface area contributed by atoms with Gasteiger partial charge in [-0.15, -0.1) is 0 Å². The summed E-state index contributed by atoms with van der Waals surface area (Å²) in [4.78, 5) is 25.5. The molecule has 0 radical (unpaired) electrons. The second-order valence-corrected chi connectivity index (χ2v) is 6.07. The maximum atomic E-state index is 12.0. The largest absolute Gasteiger partial charge is 0.444 e. The monoisotopic (exact) mass is 302 g/mol. The van der Waals surface area contributed by atoms with E-state index in [1.54, 1.807) is 20.8 Å². The van der Waals surface area contributed by atoms with Crippen molar-refractivity contribution >= 4 is 12.0 Å². The highest BCUT2D eigenvalue weighted by Crippen LogP contribution is 2.11. The maximum absolute atomic E-state index is 12.0. The predicted molar refractivity (Wildman–Crippen MR) is 77.7 cm³/mol. The number of carbonyl (C=O) groups excluding carboxylic acids is 2. The number of aliphatic hydroxyl groups excluding tert-OH is 1. The zero-order chi connectivity index (χ0) is 16.0. The predicted octanol–water partition coefficient (Wildman–Crippen LogP) is -1.37. The maximum Gasteiger partial charge on any atom is 0.410 e. The van der Waals surface area contributed by atoms with Gasteiger partial charge in [-0.1, -0.05) is 0 Å². The van der Waals surface area contributed by atoms with Crippen LogP contribution in [0.15, 0.2) is 0 Å². The smallest absolute Gasteiger partial charge is 0.410 e. The van der Waals surface area contributed by atoms with Gasteiger partial charge in [-0.3, -0.25) is 4.79 Å². The van der Waals surface area contributed by atoms with Crippen molar-refractivity contribution in [3.8, 4) is 0 Å². The molecule has 122 valence electrons. The summed E-state index contributed by atoms with van der Waals surface area (Å²) in [7, 11) is 0. The highest BCUT2D eigenvalue weighted by Gasteiger charge is 2.30. The normalized spacial score (nSPS) is 20.8. The van der Waals surface area contributed by atoms with E-state index in [1.807, 2.05) is 0 Å². The first-order valence-electron chi connectivity index (χ1n) is 7.10. The summed E-state index contributed by atoms with van der Waals surface area (Å²) in [5, 5.41) is 15.0. The molecule has 1 aliphatic heterocycles. The molecule has 1 heterocycles. The van der Waals surface area contributed by atoms with Crippen molar-refractivity contribution in [2.24, 2.45) is 5.73 Å². The van der Waals surface area contributed by atoms with Gasteiger partial charge in [0.2, 0.25) is 5.91 Å². The summed E-state index contributed by atoms with van der Waals surface area (Å²) < 4.78 is 5.29. The Hall–Kier alpha value is -1.38. The van der Waals surface area contributed by atoms with Crippen LogP contribution in [0, 0.1) is 0 Å². The molecule has 8 heteroatoms. The molecule has 0 saturated carbocycles. The number of aliphatic hydroxyl groups is 1. The van der Waals surface area contributed by atoms with E-state index >= 15 is 0 Å². The first kappa shape index (κ1) is 17.7. The third kappa shape index (κ3) is 6.28. The Morgan fingerprint density at radius 2 is 2.19 bits per heavy atom. The van der Waals surface area contributed by atoms with Crippen LogP contribution in [0.1, 0.15) is 20.8 Å². The van der Waals surface area contributed by atoms with Crippen molar-refractivity contribution in [2.45, 2.75) is 38.5 Å². The molecule has 0 aliphatic carbocycles. The lowest BCUT2D eigenvalue weighted by Crippen LogP contribution is -2.59. The van der Waals surface area contributed by atoms with E-state index in [1.165, 1.54) is 4.90 Å². The summed E-state index contributed by atoms with van der Waals surface area (Å²) in [6, 6.07) is -0.517. The molecule has 1 fully saturated rings. The van der Waals surface area contributed by atoms with Gasteiger partial charge in [0.25, 0.3) is 0 Å². The van der Waals surface area contributed by atoms with Crippen LogP contribution in [0.4, 0.5) is 4.79 Å². The molecule has 1 rings (SSSR count). The van der Waals surface area contributed by atoms with Crippen LogP contribution in [0.25, 0.3) is 0 Å². The Labute approximate surface area is 125 Å². The van der Waals surface area contributed by atoms with Crippen molar-refractivity contribution in [1.29, 1.82) is 0 Å². The highest BCUT2D eigenvalue weighted by molar-refractivity contribution is 5.83. The average molecular weight is 302 g/mol. The van der Waals surface area contributed by atoms with Gasteiger partial charge in [-0.2, -0.15) is 0 Å². The number of nitrogens with zero attached hydrogens (tertiary/aromatic N) is 1. The van der Waals surface area contributed by atoms with Gasteiger partial charge in [-0.05, 0) is 20.8 Å². The molecule has 0 aromatic rings. The Morgan fingerprint density at radius 3 is 2.76 bits per heavy atom. The van der Waals surface area contributed by atoms with Crippen molar-refractivity contribution in [3.05, 3.63) is 0 Å². The van der Waals surface area contributed by atoms with Crippen molar-refractivity contribution in [2.75, 3.05) is 32.7 Å². The first-order chi connectivity index (χ1) is 9.73. The zero-order valence-corrected chi connectivity index (χ0v) is 12.9. The van der Waals surface area contributed by atoms with Gasteiger partial charge >= 0.3 is 6.09 Å². The Morgan fingerprint density at radius 1 is 1.52 bits per heavy atom. The molecule has 0 bridgehead atoms. The molecule has 2 atom stereocenters. The van der Waals surface area contributed by atoms with Crippen LogP contribution in [0.2, 0.25) is 0 Å². The SMILES string of the molecule is CC(C)(C)OC(=O)N1CCN[C@H](C(=O)NC[C@@H](O)CN)C1. The Kier molecular flexibility index (Phi) is 6.38. The number of ether oxygens (including phenoxy) is 1. The number of rotatable bonds is 4. The van der Waals surface area contributed by atoms with Crippen LogP contribution in [-0.4, -0.2) is 72.5 Å². The molecule has 5 N–H and O–H groups in total. The van der Waals surface area contributed by atoms with E-state index < -0.39 is 23.8 Å². The minimum absolute atomic E-state index is 0.0857. The highest BCUT2D eigenvalue weighted by atomic mass is 16.6. The molecule has 21 heavy (non-hydrogen) atoms. The Balaban J connectivity index is 2.48. The quantitative estimate of drug-likeness (QED) is 0.509. The lowest BCUT2D eigenvalue weighted by atomic mass is 10.2. The van der Waals surface area contributed by atoms with E-state index in [0.717, 1.165) is 0 Å². The van der Waals surface area contributed by atoms with Gasteiger partial charge in [0.1, 0.15) is 11.6 Å². The third-order valence-electron chi connectivity index (χ3n) is 2.93. The standard InChI is InChI=1S/C13H26N4O4/c1-13(2,3)21-12(20)17-5-4-15-10(8-17)11(19)16-7-9(18)6-14/h9-10,15,18H,4-8,14H2,1-3H3,(H,16,19)/t9-,10-/m0/s1. The van der Waals surface area contributed by atoms with E-state index in [0.29, 0.717) is 13.1 Å². The number of hydrogen-bond acceptors (Lipinski definition) is 6. The fraction of sp³-hybridized carbons (Fsp3) is 0.846. The van der Waals surface area contributed by atoms with E-state index in [9.17, 15) is 14.7 Å². The second kappa shape index (κ2) is 7.58. The van der Waals surface area contributed by atoms with Crippen molar-refractivity contribution in [3.63, 3.8) is 0 Å². The molecule has 1 aliphatic rings. The first-order valence-corrected chi connectivity index (χ1v) is 7.10. The van der Waals surface area contributed by atoms with E-state index in [-0.39, 0.29) is 25.5 Å². The van der Waals surface area contributed by atoms with Gasteiger partial charge in [0.15, 0.2) is 0 Å². The Bertz CT molecular complexity index is 370.